The largest absolute Gasteiger partial charge is 0.339 e. The second-order valence-electron chi connectivity index (χ2n) is 14.9. The van der Waals surface area contributed by atoms with E-state index >= 15 is 0 Å². The molecule has 3 N–H and O–H groups in total. The molecule has 0 bridgehead atoms. The van der Waals surface area contributed by atoms with Crippen LogP contribution in [0.2, 0.25) is 0 Å². The van der Waals surface area contributed by atoms with Gasteiger partial charge in [0.2, 0.25) is 0 Å². The monoisotopic (exact) mass is 778 g/mol. The molecular formula is C48H46N10O. The number of hydrogen-bond acceptors (Lipinski definition) is 11. The number of para-hydroxylation sites is 2. The van der Waals surface area contributed by atoms with Gasteiger partial charge >= 0.3 is 0 Å². The van der Waals surface area contributed by atoms with E-state index in [-0.39, 0.29) is 0 Å². The number of aromatic nitrogens is 6. The van der Waals surface area contributed by atoms with Crippen LogP contribution < -0.4 is 16.0 Å². The highest BCUT2D eigenvalue weighted by Gasteiger charge is 2.24. The van der Waals surface area contributed by atoms with E-state index in [0.717, 1.165) is 112 Å². The number of anilines is 4. The van der Waals surface area contributed by atoms with Crippen molar-refractivity contribution in [3.8, 4) is 0 Å². The van der Waals surface area contributed by atoms with Gasteiger partial charge in [-0.3, -0.25) is 19.7 Å². The molecule has 6 heterocycles. The number of carbonyl (C=O) groups excluding carboxylic acids is 1. The molecule has 0 saturated heterocycles. The van der Waals surface area contributed by atoms with Gasteiger partial charge in [0, 0.05) is 60.2 Å². The Morgan fingerprint density at radius 2 is 1.20 bits per heavy atom. The fourth-order valence-corrected chi connectivity index (χ4v) is 7.34. The van der Waals surface area contributed by atoms with Gasteiger partial charge in [-0.1, -0.05) is 72.8 Å². The maximum absolute atomic E-state index is 10.4. The van der Waals surface area contributed by atoms with Crippen molar-refractivity contribution in [2.75, 3.05) is 10.6 Å². The van der Waals surface area contributed by atoms with Gasteiger partial charge < -0.3 is 16.0 Å². The Labute approximate surface area is 344 Å². The topological polar surface area (TPSA) is 134 Å². The Hall–Kier alpha value is -6.95. The minimum absolute atomic E-state index is 0.792. The molecule has 4 aromatic heterocycles. The summed E-state index contributed by atoms with van der Waals surface area (Å²) in [6.45, 7) is 12.5. The second-order valence-corrected chi connectivity index (χ2v) is 14.9. The van der Waals surface area contributed by atoms with E-state index in [1.807, 2.05) is 80.8 Å². The minimum Gasteiger partial charge on any atom is -0.339 e. The third kappa shape index (κ3) is 8.96. The lowest BCUT2D eigenvalue weighted by atomic mass is 10.0. The standard InChI is InChI=1S/C24H23N5.C15H13N5.C9H10O/c1-16-6-5-8-19(17(16)2)12-29-13-21-23(14-29)26-15-27-24(21)28-20-10-18-7-3-4-9-22(18)25-11-20;1-2-4-13-10(3-1)5-11(6-17-13)20-15-12-7-16-8-14(12)18-9-19-15;1-7-4-3-5-9(6-10)8(7)2/h3-11,15H,12-14H2,1-2H3,(H,26,27,28);1-6,9,16H,7-8H2,(H,18,19,20);3-6H,1-2H3. The van der Waals surface area contributed by atoms with Gasteiger partial charge in [-0.25, -0.2) is 19.9 Å². The first kappa shape index (κ1) is 38.9. The zero-order valence-corrected chi connectivity index (χ0v) is 33.7. The van der Waals surface area contributed by atoms with Crippen LogP contribution in [0.3, 0.4) is 0 Å². The van der Waals surface area contributed by atoms with Crippen molar-refractivity contribution >= 4 is 51.1 Å². The number of pyridine rings is 2. The van der Waals surface area contributed by atoms with Crippen molar-refractivity contribution in [3.63, 3.8) is 0 Å². The van der Waals surface area contributed by atoms with E-state index in [2.05, 4.69) is 107 Å². The summed E-state index contributed by atoms with van der Waals surface area (Å²) in [4.78, 5) is 39.5. The summed E-state index contributed by atoms with van der Waals surface area (Å²) in [5.74, 6) is 1.73. The smallest absolute Gasteiger partial charge is 0.150 e. The average Bonchev–Trinajstić information content (AvgIpc) is 3.92. The predicted molar refractivity (Wildman–Crippen MR) is 235 cm³/mol. The van der Waals surface area contributed by atoms with Crippen molar-refractivity contribution in [1.29, 1.82) is 0 Å². The molecule has 2 aliphatic rings. The van der Waals surface area contributed by atoms with Gasteiger partial charge in [-0.2, -0.15) is 0 Å². The first-order valence-corrected chi connectivity index (χ1v) is 19.7. The van der Waals surface area contributed by atoms with Crippen molar-refractivity contribution < 1.29 is 4.79 Å². The highest BCUT2D eigenvalue weighted by atomic mass is 16.1. The summed E-state index contributed by atoms with van der Waals surface area (Å²) in [5, 5.41) is 12.3. The Balaban J connectivity index is 0.000000139. The van der Waals surface area contributed by atoms with Crippen molar-refractivity contribution in [2.45, 2.75) is 60.4 Å². The van der Waals surface area contributed by atoms with Gasteiger partial charge in [0.25, 0.3) is 0 Å². The normalized spacial score (nSPS) is 12.8. The van der Waals surface area contributed by atoms with E-state index in [4.69, 9.17) is 0 Å². The Bertz CT molecular complexity index is 2790. The fourth-order valence-electron chi connectivity index (χ4n) is 7.34. The highest BCUT2D eigenvalue weighted by Crippen LogP contribution is 2.31. The Morgan fingerprint density at radius 3 is 1.85 bits per heavy atom. The van der Waals surface area contributed by atoms with Crippen molar-refractivity contribution in [3.05, 3.63) is 178 Å². The summed E-state index contributed by atoms with van der Waals surface area (Å²) >= 11 is 0. The zero-order chi connectivity index (χ0) is 40.7. The van der Waals surface area contributed by atoms with Crippen molar-refractivity contribution in [2.24, 2.45) is 0 Å². The molecule has 294 valence electrons. The van der Waals surface area contributed by atoms with E-state index < -0.39 is 0 Å². The molecule has 59 heavy (non-hydrogen) atoms. The van der Waals surface area contributed by atoms with Crippen LogP contribution in [0.5, 0.6) is 0 Å². The van der Waals surface area contributed by atoms with Gasteiger partial charge in [-0.15, -0.1) is 0 Å². The van der Waals surface area contributed by atoms with E-state index in [1.54, 1.807) is 12.7 Å². The van der Waals surface area contributed by atoms with Crippen molar-refractivity contribution in [1.82, 2.24) is 40.1 Å². The van der Waals surface area contributed by atoms with Crippen LogP contribution in [0.4, 0.5) is 23.0 Å². The second kappa shape index (κ2) is 17.7. The summed E-state index contributed by atoms with van der Waals surface area (Å²) in [7, 11) is 0. The van der Waals surface area contributed by atoms with E-state index in [9.17, 15) is 4.79 Å². The molecule has 11 nitrogen and oxygen atoms in total. The summed E-state index contributed by atoms with van der Waals surface area (Å²) in [6, 6.07) is 32.6. The summed E-state index contributed by atoms with van der Waals surface area (Å²) < 4.78 is 0. The van der Waals surface area contributed by atoms with Gasteiger partial charge in [-0.05, 0) is 79.8 Å². The molecule has 0 saturated carbocycles. The third-order valence-electron chi connectivity index (χ3n) is 11.0. The van der Waals surface area contributed by atoms with Crippen LogP contribution in [0, 0.1) is 27.7 Å². The molecule has 0 atom stereocenters. The quantitative estimate of drug-likeness (QED) is 0.134. The SMILES string of the molecule is Cc1cccc(C=O)c1C.Cc1cccc(CN2Cc3ncnc(Nc4cnc5ccccc5c4)c3C2)c1C.c1ccc2ncc(Nc3ncnc4c3CNC4)cc2c1. The number of rotatable bonds is 7. The number of hydrogen-bond donors (Lipinski definition) is 3. The molecule has 8 aromatic rings. The summed E-state index contributed by atoms with van der Waals surface area (Å²) in [5.41, 5.74) is 15.5. The van der Waals surface area contributed by atoms with Crippen LogP contribution in [-0.4, -0.2) is 41.1 Å². The number of aldehydes is 1. The number of fused-ring (bicyclic) bond motifs is 4. The predicted octanol–water partition coefficient (Wildman–Crippen LogP) is 9.39. The van der Waals surface area contributed by atoms with E-state index in [0.29, 0.717) is 0 Å². The number of nitrogens with one attached hydrogen (secondary N) is 3. The molecule has 2 aliphatic heterocycles. The zero-order valence-electron chi connectivity index (χ0n) is 33.7. The maximum Gasteiger partial charge on any atom is 0.150 e. The molecule has 0 amide bonds. The number of benzene rings is 4. The molecule has 0 fully saturated rings. The molecule has 0 unspecified atom stereocenters. The fraction of sp³-hybridized carbons (Fsp3) is 0.188. The van der Waals surface area contributed by atoms with Crippen LogP contribution in [0.15, 0.2) is 122 Å². The van der Waals surface area contributed by atoms with Crippen LogP contribution in [0.1, 0.15) is 60.7 Å². The van der Waals surface area contributed by atoms with Crippen LogP contribution >= 0.6 is 0 Å². The molecule has 10 rings (SSSR count). The van der Waals surface area contributed by atoms with Gasteiger partial charge in [0.15, 0.2) is 0 Å². The number of nitrogens with zero attached hydrogens (tertiary/aromatic N) is 7. The van der Waals surface area contributed by atoms with E-state index in [1.165, 1.54) is 27.8 Å². The minimum atomic E-state index is 0.792. The molecule has 11 heteroatoms. The van der Waals surface area contributed by atoms with Gasteiger partial charge in [0.05, 0.1) is 46.2 Å². The summed E-state index contributed by atoms with van der Waals surface area (Å²) in [6.07, 6.45) is 7.83. The molecular weight excluding hydrogens is 733 g/mol. The van der Waals surface area contributed by atoms with Crippen LogP contribution in [0.25, 0.3) is 21.8 Å². The van der Waals surface area contributed by atoms with Gasteiger partial charge in [0.1, 0.15) is 30.6 Å². The lowest BCUT2D eigenvalue weighted by Gasteiger charge is -2.17. The molecule has 0 aliphatic carbocycles. The number of carbonyl (C=O) groups is 1. The van der Waals surface area contributed by atoms with Crippen LogP contribution in [-0.2, 0) is 32.7 Å². The maximum atomic E-state index is 10.4. The average molecular weight is 779 g/mol. The highest BCUT2D eigenvalue weighted by molar-refractivity contribution is 5.83. The first-order chi connectivity index (χ1) is 28.8. The molecule has 0 radical (unpaired) electrons. The molecule has 0 spiro atoms. The Kier molecular flexibility index (Phi) is 11.7. The molecule has 4 aromatic carbocycles. The number of aryl methyl sites for hydroxylation is 2. The lowest BCUT2D eigenvalue weighted by molar-refractivity contribution is 0.112. The first-order valence-electron chi connectivity index (χ1n) is 19.7. The third-order valence-corrected chi connectivity index (χ3v) is 11.0. The Morgan fingerprint density at radius 1 is 0.610 bits per heavy atom. The lowest BCUT2D eigenvalue weighted by Crippen LogP contribution is -2.16.